The molecule has 0 aliphatic carbocycles. The summed E-state index contributed by atoms with van der Waals surface area (Å²) < 4.78 is 0. The summed E-state index contributed by atoms with van der Waals surface area (Å²) in [5.41, 5.74) is 2.64. The van der Waals surface area contributed by atoms with E-state index in [1.807, 2.05) is 93.6 Å². The number of hydrogen-bond donors (Lipinski definition) is 2. The van der Waals surface area contributed by atoms with Crippen LogP contribution in [0.4, 0.5) is 0 Å². The van der Waals surface area contributed by atoms with Gasteiger partial charge < -0.3 is 0 Å². The van der Waals surface area contributed by atoms with Gasteiger partial charge in [-0.25, -0.2) is 0 Å². The standard InChI is InChI=1S/C21H23O2P/c1-16-10-4-7-13-19(16)24(22,23,20-14-8-5-11-17(20)2)21-15-9-6-12-18(21)3/h4-15,22-23H,1-3H3. The molecular weight excluding hydrogens is 315 g/mol. The molecule has 2 nitrogen and oxygen atoms in total. The molecule has 0 unspecified atom stereocenters. The topological polar surface area (TPSA) is 40.5 Å². The summed E-state index contributed by atoms with van der Waals surface area (Å²) in [4.78, 5) is 24.2. The van der Waals surface area contributed by atoms with Gasteiger partial charge >= 0.3 is 143 Å². The quantitative estimate of drug-likeness (QED) is 0.720. The van der Waals surface area contributed by atoms with Crippen LogP contribution in [0.15, 0.2) is 72.8 Å². The zero-order valence-electron chi connectivity index (χ0n) is 14.3. The molecular formula is C21H23O2P. The van der Waals surface area contributed by atoms with Crippen LogP contribution < -0.4 is 15.9 Å². The van der Waals surface area contributed by atoms with Crippen molar-refractivity contribution in [1.29, 1.82) is 0 Å². The van der Waals surface area contributed by atoms with Gasteiger partial charge in [0.2, 0.25) is 0 Å². The Bertz CT molecular complexity index is 782. The molecule has 0 bridgehead atoms. The van der Waals surface area contributed by atoms with Crippen LogP contribution in [0.5, 0.6) is 0 Å². The molecule has 0 amide bonds. The second-order valence-corrected chi connectivity index (χ2v) is 9.88. The SMILES string of the molecule is Cc1ccccc1P(O)(O)(c1ccccc1C)c1ccccc1C. The molecule has 0 saturated heterocycles. The van der Waals surface area contributed by atoms with Crippen LogP contribution in [-0.4, -0.2) is 9.79 Å². The first-order valence-corrected chi connectivity index (χ1v) is 10.2. The van der Waals surface area contributed by atoms with E-state index in [0.717, 1.165) is 16.7 Å². The fraction of sp³-hybridized carbons (Fsp3) is 0.143. The summed E-state index contributed by atoms with van der Waals surface area (Å²) >= 11 is 0. The maximum absolute atomic E-state index is 12.1. The Labute approximate surface area is 143 Å². The molecule has 124 valence electrons. The molecule has 3 rings (SSSR count). The van der Waals surface area contributed by atoms with E-state index in [1.54, 1.807) is 0 Å². The number of hydrogen-bond acceptors (Lipinski definition) is 2. The van der Waals surface area contributed by atoms with E-state index in [0.29, 0.717) is 15.9 Å². The Morgan fingerprint density at radius 3 is 1.00 bits per heavy atom. The molecule has 3 aromatic carbocycles. The van der Waals surface area contributed by atoms with Crippen LogP contribution in [0, 0.1) is 20.8 Å². The van der Waals surface area contributed by atoms with Crippen LogP contribution in [0.25, 0.3) is 0 Å². The van der Waals surface area contributed by atoms with E-state index < -0.39 is 7.06 Å². The minimum atomic E-state index is -4.52. The van der Waals surface area contributed by atoms with E-state index in [-0.39, 0.29) is 0 Å². The molecule has 0 fully saturated rings. The van der Waals surface area contributed by atoms with Gasteiger partial charge in [0.1, 0.15) is 0 Å². The van der Waals surface area contributed by atoms with Crippen LogP contribution in [0.3, 0.4) is 0 Å². The van der Waals surface area contributed by atoms with E-state index in [4.69, 9.17) is 0 Å². The summed E-state index contributed by atoms with van der Waals surface area (Å²) in [5, 5.41) is 1.81. The number of benzene rings is 3. The molecule has 0 radical (unpaired) electrons. The van der Waals surface area contributed by atoms with E-state index in [1.165, 1.54) is 0 Å². The Morgan fingerprint density at radius 1 is 0.500 bits per heavy atom. The van der Waals surface area contributed by atoms with Gasteiger partial charge in [0.15, 0.2) is 0 Å². The zero-order chi connectivity index (χ0) is 17.4. The summed E-state index contributed by atoms with van der Waals surface area (Å²) in [6.07, 6.45) is 0. The van der Waals surface area contributed by atoms with Crippen LogP contribution in [0.1, 0.15) is 16.7 Å². The van der Waals surface area contributed by atoms with Crippen molar-refractivity contribution in [3.63, 3.8) is 0 Å². The van der Waals surface area contributed by atoms with Gasteiger partial charge in [0.25, 0.3) is 0 Å². The first kappa shape index (κ1) is 16.9. The predicted octanol–water partition coefficient (Wildman–Crippen LogP) is 3.26. The summed E-state index contributed by atoms with van der Waals surface area (Å²) in [7, 11) is -4.52. The van der Waals surface area contributed by atoms with E-state index >= 15 is 0 Å². The Morgan fingerprint density at radius 2 is 0.750 bits per heavy atom. The van der Waals surface area contributed by atoms with Crippen molar-refractivity contribution >= 4 is 23.0 Å². The third-order valence-electron chi connectivity index (χ3n) is 4.72. The van der Waals surface area contributed by atoms with Gasteiger partial charge in [-0.05, 0) is 0 Å². The molecule has 0 aromatic heterocycles. The third-order valence-corrected chi connectivity index (χ3v) is 8.96. The van der Waals surface area contributed by atoms with Crippen molar-refractivity contribution in [3.8, 4) is 0 Å². The van der Waals surface area contributed by atoms with Gasteiger partial charge in [-0.3, -0.25) is 0 Å². The second-order valence-electron chi connectivity index (χ2n) is 6.38. The van der Waals surface area contributed by atoms with Crippen molar-refractivity contribution in [2.45, 2.75) is 20.8 Å². The maximum atomic E-state index is 12.1. The van der Waals surface area contributed by atoms with Crippen LogP contribution in [0.2, 0.25) is 0 Å². The van der Waals surface area contributed by atoms with Gasteiger partial charge in [-0.1, -0.05) is 0 Å². The summed E-state index contributed by atoms with van der Waals surface area (Å²) in [5.74, 6) is 0. The van der Waals surface area contributed by atoms with Crippen molar-refractivity contribution in [2.75, 3.05) is 0 Å². The molecule has 2 N–H and O–H groups in total. The normalized spacial score (nSPS) is 13.3. The molecule has 3 aromatic rings. The molecule has 3 heteroatoms. The summed E-state index contributed by atoms with van der Waals surface area (Å²) in [6.45, 7) is 5.79. The monoisotopic (exact) mass is 338 g/mol. The first-order valence-electron chi connectivity index (χ1n) is 8.05. The zero-order valence-corrected chi connectivity index (χ0v) is 15.2. The Kier molecular flexibility index (Phi) is 4.09. The van der Waals surface area contributed by atoms with Crippen LogP contribution in [-0.2, 0) is 0 Å². The molecule has 0 saturated carbocycles. The van der Waals surface area contributed by atoms with E-state index in [2.05, 4.69) is 0 Å². The third kappa shape index (κ3) is 2.39. The molecule has 24 heavy (non-hydrogen) atoms. The van der Waals surface area contributed by atoms with Crippen molar-refractivity contribution in [2.24, 2.45) is 0 Å². The second kappa shape index (κ2) is 5.82. The van der Waals surface area contributed by atoms with Gasteiger partial charge in [-0.15, -0.1) is 0 Å². The molecule has 0 aliphatic heterocycles. The average molecular weight is 338 g/mol. The number of rotatable bonds is 3. The van der Waals surface area contributed by atoms with Crippen molar-refractivity contribution < 1.29 is 9.79 Å². The molecule has 0 aliphatic rings. The molecule has 0 atom stereocenters. The first-order chi connectivity index (χ1) is 11.4. The summed E-state index contributed by atoms with van der Waals surface area (Å²) in [6, 6.07) is 22.7. The number of aryl methyl sites for hydroxylation is 3. The van der Waals surface area contributed by atoms with Crippen LogP contribution >= 0.6 is 7.06 Å². The molecule has 0 spiro atoms. The Balaban J connectivity index is 2.50. The van der Waals surface area contributed by atoms with Crippen molar-refractivity contribution in [3.05, 3.63) is 89.5 Å². The van der Waals surface area contributed by atoms with Gasteiger partial charge in [-0.2, -0.15) is 0 Å². The fourth-order valence-corrected chi connectivity index (χ4v) is 7.62. The molecule has 0 heterocycles. The van der Waals surface area contributed by atoms with Gasteiger partial charge in [0, 0.05) is 0 Å². The Hall–Kier alpha value is -1.99. The van der Waals surface area contributed by atoms with E-state index in [9.17, 15) is 9.79 Å². The average Bonchev–Trinajstić information content (AvgIpc) is 2.56. The fourth-order valence-electron chi connectivity index (χ4n) is 3.51. The minimum absolute atomic E-state index is 0.604. The predicted molar refractivity (Wildman–Crippen MR) is 104 cm³/mol. The van der Waals surface area contributed by atoms with Gasteiger partial charge in [0.05, 0.1) is 0 Å². The van der Waals surface area contributed by atoms with Crippen molar-refractivity contribution in [1.82, 2.24) is 0 Å².